The van der Waals surface area contributed by atoms with E-state index in [9.17, 15) is 18.5 Å². The lowest BCUT2D eigenvalue weighted by Crippen LogP contribution is -3.06. The Morgan fingerprint density at radius 3 is 2.50 bits per heavy atom. The normalized spacial score (nSPS) is 11.5. The van der Waals surface area contributed by atoms with Gasteiger partial charge in [0.1, 0.15) is 5.75 Å². The molecule has 8 nitrogen and oxygen atoms in total. The predicted octanol–water partition coefficient (Wildman–Crippen LogP) is 1.46. The van der Waals surface area contributed by atoms with Crippen molar-refractivity contribution in [1.29, 1.82) is 0 Å². The first kappa shape index (κ1) is 20.1. The van der Waals surface area contributed by atoms with Crippen molar-refractivity contribution >= 4 is 27.3 Å². The quantitative estimate of drug-likeness (QED) is 0.516. The van der Waals surface area contributed by atoms with Crippen LogP contribution < -0.4 is 14.4 Å². The fraction of sp³-hybridized carbons (Fsp3) is 0.250. The van der Waals surface area contributed by atoms with Crippen molar-refractivity contribution in [3.63, 3.8) is 0 Å². The lowest BCUT2D eigenvalue weighted by atomic mass is 10.3. The highest BCUT2D eigenvalue weighted by Crippen LogP contribution is 2.35. The van der Waals surface area contributed by atoms with E-state index in [2.05, 4.69) is 4.72 Å². The molecule has 0 radical (unpaired) electrons. The van der Waals surface area contributed by atoms with Gasteiger partial charge in [0.2, 0.25) is 15.8 Å². The highest BCUT2D eigenvalue weighted by atomic mass is 35.5. The van der Waals surface area contributed by atoms with Crippen molar-refractivity contribution in [2.45, 2.75) is 4.90 Å². The minimum absolute atomic E-state index is 0.0974. The molecule has 2 aromatic rings. The molecule has 0 unspecified atom stereocenters. The zero-order valence-electron chi connectivity index (χ0n) is 14.2. The van der Waals surface area contributed by atoms with Gasteiger partial charge in [-0.05, 0) is 24.3 Å². The average molecular weight is 401 g/mol. The van der Waals surface area contributed by atoms with Gasteiger partial charge in [-0.25, -0.2) is 13.1 Å². The zero-order valence-corrected chi connectivity index (χ0v) is 15.8. The topological polar surface area (TPSA) is 103 Å². The molecule has 0 aliphatic rings. The molecular formula is C16H19ClN3O5S+. The molecule has 2 aromatic carbocycles. The number of quaternary nitrogens is 1. The van der Waals surface area contributed by atoms with Gasteiger partial charge in [-0.15, -0.1) is 0 Å². The van der Waals surface area contributed by atoms with Crippen LogP contribution in [0.4, 0.5) is 5.69 Å². The summed E-state index contributed by atoms with van der Waals surface area (Å²) >= 11 is 5.99. The van der Waals surface area contributed by atoms with Gasteiger partial charge in [-0.3, -0.25) is 10.1 Å². The van der Waals surface area contributed by atoms with Crippen LogP contribution in [-0.2, 0) is 10.0 Å². The Balaban J connectivity index is 2.31. The fourth-order valence-electron chi connectivity index (χ4n) is 2.06. The van der Waals surface area contributed by atoms with Gasteiger partial charge < -0.3 is 9.64 Å². The molecule has 0 amide bonds. The lowest BCUT2D eigenvalue weighted by Gasteiger charge is -2.11. The molecular weight excluding hydrogens is 382 g/mol. The molecule has 0 fully saturated rings. The Kier molecular flexibility index (Phi) is 6.54. The summed E-state index contributed by atoms with van der Waals surface area (Å²) in [6.07, 6.45) is 0. The fourth-order valence-corrected chi connectivity index (χ4v) is 3.28. The molecule has 0 aliphatic heterocycles. The standard InChI is InChI=1S/C16H18ClN3O5S/c1-19(2)10-9-18-26(23,24)12-7-8-16(14(11-12)20(21)22)25-15-6-4-3-5-13(15)17/h3-8,11,18H,9-10H2,1-2H3/p+1. The molecule has 0 atom stereocenters. The van der Waals surface area contributed by atoms with E-state index in [-0.39, 0.29) is 28.0 Å². The number of likely N-dealkylation sites (N-methyl/N-ethyl adjacent to an activating group) is 1. The highest BCUT2D eigenvalue weighted by Gasteiger charge is 2.23. The summed E-state index contributed by atoms with van der Waals surface area (Å²) in [6.45, 7) is 0.797. The van der Waals surface area contributed by atoms with E-state index in [1.54, 1.807) is 24.3 Å². The number of sulfonamides is 1. The molecule has 0 saturated heterocycles. The number of benzene rings is 2. The molecule has 140 valence electrons. The van der Waals surface area contributed by atoms with Crippen LogP contribution >= 0.6 is 11.6 Å². The van der Waals surface area contributed by atoms with Crippen molar-refractivity contribution in [3.8, 4) is 11.5 Å². The number of hydrogen-bond donors (Lipinski definition) is 2. The first-order valence-corrected chi connectivity index (χ1v) is 9.56. The van der Waals surface area contributed by atoms with Gasteiger partial charge in [0.15, 0.2) is 0 Å². The Bertz CT molecular complexity index is 903. The number of nitro benzene ring substituents is 1. The molecule has 0 bridgehead atoms. The van der Waals surface area contributed by atoms with Crippen LogP contribution in [0.3, 0.4) is 0 Å². The van der Waals surface area contributed by atoms with Gasteiger partial charge >= 0.3 is 5.69 Å². The first-order chi connectivity index (χ1) is 12.2. The summed E-state index contributed by atoms with van der Waals surface area (Å²) in [5.74, 6) is 0.139. The third-order valence-corrected chi connectivity index (χ3v) is 5.18. The number of rotatable bonds is 8. The number of nitrogens with one attached hydrogen (secondary N) is 2. The van der Waals surface area contributed by atoms with E-state index < -0.39 is 20.6 Å². The average Bonchev–Trinajstić information content (AvgIpc) is 2.56. The number of ether oxygens (including phenoxy) is 1. The molecule has 2 rings (SSSR count). The highest BCUT2D eigenvalue weighted by molar-refractivity contribution is 7.89. The van der Waals surface area contributed by atoms with E-state index >= 15 is 0 Å². The number of nitro groups is 1. The number of halogens is 1. The smallest absolute Gasteiger partial charge is 0.312 e. The van der Waals surface area contributed by atoms with Gasteiger partial charge in [0.05, 0.1) is 42.0 Å². The maximum Gasteiger partial charge on any atom is 0.312 e. The lowest BCUT2D eigenvalue weighted by molar-refractivity contribution is -0.856. The molecule has 26 heavy (non-hydrogen) atoms. The third-order valence-electron chi connectivity index (χ3n) is 3.41. The summed E-state index contributed by atoms with van der Waals surface area (Å²) in [7, 11) is -0.0814. The van der Waals surface area contributed by atoms with Crippen molar-refractivity contribution in [2.75, 3.05) is 27.2 Å². The van der Waals surface area contributed by atoms with Crippen LogP contribution in [0.2, 0.25) is 5.02 Å². The summed E-state index contributed by atoms with van der Waals surface area (Å²) in [6, 6.07) is 9.97. The molecule has 0 aliphatic carbocycles. The Morgan fingerprint density at radius 1 is 1.19 bits per heavy atom. The van der Waals surface area contributed by atoms with E-state index in [0.717, 1.165) is 11.0 Å². The minimum atomic E-state index is -3.86. The Morgan fingerprint density at radius 2 is 1.88 bits per heavy atom. The van der Waals surface area contributed by atoms with Gasteiger partial charge in [0.25, 0.3) is 0 Å². The van der Waals surface area contributed by atoms with Crippen molar-refractivity contribution in [3.05, 3.63) is 57.6 Å². The summed E-state index contributed by atoms with van der Waals surface area (Å²) in [5, 5.41) is 11.6. The number of hydrogen-bond acceptors (Lipinski definition) is 5. The summed E-state index contributed by atoms with van der Waals surface area (Å²) < 4.78 is 32.5. The number of para-hydroxylation sites is 1. The van der Waals surface area contributed by atoms with Crippen LogP contribution in [-0.4, -0.2) is 40.5 Å². The second kappa shape index (κ2) is 8.45. The van der Waals surface area contributed by atoms with Gasteiger partial charge in [-0.2, -0.15) is 0 Å². The molecule has 2 N–H and O–H groups in total. The Hall–Kier alpha value is -2.20. The second-order valence-electron chi connectivity index (χ2n) is 5.77. The van der Waals surface area contributed by atoms with E-state index in [1.807, 2.05) is 14.1 Å². The SMILES string of the molecule is C[NH+](C)CCNS(=O)(=O)c1ccc(Oc2ccccc2Cl)c([N+](=O)[O-])c1. The maximum atomic E-state index is 12.3. The molecule has 0 saturated carbocycles. The maximum absolute atomic E-state index is 12.3. The summed E-state index contributed by atoms with van der Waals surface area (Å²) in [4.78, 5) is 11.5. The van der Waals surface area contributed by atoms with Crippen molar-refractivity contribution < 1.29 is 23.0 Å². The van der Waals surface area contributed by atoms with Crippen molar-refractivity contribution in [1.82, 2.24) is 4.72 Å². The van der Waals surface area contributed by atoms with E-state index in [4.69, 9.17) is 16.3 Å². The van der Waals surface area contributed by atoms with Crippen LogP contribution in [0.25, 0.3) is 0 Å². The van der Waals surface area contributed by atoms with Crippen LogP contribution in [0.1, 0.15) is 0 Å². The van der Waals surface area contributed by atoms with Crippen molar-refractivity contribution in [2.24, 2.45) is 0 Å². The summed E-state index contributed by atoms with van der Waals surface area (Å²) in [5.41, 5.74) is -0.467. The van der Waals surface area contributed by atoms with Crippen LogP contribution in [0, 0.1) is 10.1 Å². The molecule has 10 heteroatoms. The molecule has 0 heterocycles. The predicted molar refractivity (Wildman–Crippen MR) is 97.5 cm³/mol. The first-order valence-electron chi connectivity index (χ1n) is 7.70. The molecule has 0 aromatic heterocycles. The van der Waals surface area contributed by atoms with E-state index in [1.165, 1.54) is 12.1 Å². The minimum Gasteiger partial charge on any atom is -0.449 e. The zero-order chi connectivity index (χ0) is 19.3. The second-order valence-corrected chi connectivity index (χ2v) is 7.95. The third kappa shape index (κ3) is 5.15. The van der Waals surface area contributed by atoms with Gasteiger partial charge in [-0.1, -0.05) is 23.7 Å². The largest absolute Gasteiger partial charge is 0.449 e. The van der Waals surface area contributed by atoms with E-state index in [0.29, 0.717) is 6.54 Å². The molecule has 0 spiro atoms. The van der Waals surface area contributed by atoms with Gasteiger partial charge in [0, 0.05) is 6.07 Å². The Labute approximate surface area is 156 Å². The van der Waals surface area contributed by atoms with Crippen LogP contribution in [0.5, 0.6) is 11.5 Å². The van der Waals surface area contributed by atoms with Crippen LogP contribution in [0.15, 0.2) is 47.4 Å². The number of nitrogens with zero attached hydrogens (tertiary/aromatic N) is 1. The monoisotopic (exact) mass is 400 g/mol.